The molecule has 16 heavy (non-hydrogen) atoms. The second kappa shape index (κ2) is 4.27. The van der Waals surface area contributed by atoms with Gasteiger partial charge in [-0.1, -0.05) is 6.07 Å². The van der Waals surface area contributed by atoms with Crippen molar-refractivity contribution < 1.29 is 9.90 Å². The number of carboxylic acid groups (broad SMARTS) is 1. The van der Waals surface area contributed by atoms with E-state index < -0.39 is 5.97 Å². The van der Waals surface area contributed by atoms with Crippen molar-refractivity contribution in [1.29, 1.82) is 0 Å². The molecule has 1 aromatic rings. The van der Waals surface area contributed by atoms with Crippen LogP contribution < -0.4 is 0 Å². The summed E-state index contributed by atoms with van der Waals surface area (Å²) in [6.07, 6.45) is 1.71. The van der Waals surface area contributed by atoms with Gasteiger partial charge in [-0.2, -0.15) is 0 Å². The lowest BCUT2D eigenvalue weighted by molar-refractivity contribution is 0.0696. The Morgan fingerprint density at radius 2 is 2.12 bits per heavy atom. The van der Waals surface area contributed by atoms with Gasteiger partial charge in [-0.15, -0.1) is 23.2 Å². The number of hydrogen-bond acceptors (Lipinski definition) is 1. The summed E-state index contributed by atoms with van der Waals surface area (Å²) in [5.74, 6) is -0.916. The van der Waals surface area contributed by atoms with Crippen molar-refractivity contribution in [2.45, 2.75) is 30.5 Å². The van der Waals surface area contributed by atoms with Crippen molar-refractivity contribution in [1.82, 2.24) is 0 Å². The fourth-order valence-corrected chi connectivity index (χ4v) is 2.90. The highest BCUT2D eigenvalue weighted by molar-refractivity contribution is 6.30. The molecule has 0 aliphatic heterocycles. The van der Waals surface area contributed by atoms with E-state index in [0.717, 1.165) is 29.5 Å². The average Bonchev–Trinajstić information content (AvgIpc) is 2.23. The number of fused-ring (bicyclic) bond motifs is 1. The van der Waals surface area contributed by atoms with Crippen molar-refractivity contribution in [3.05, 3.63) is 34.4 Å². The van der Waals surface area contributed by atoms with Gasteiger partial charge < -0.3 is 5.11 Å². The summed E-state index contributed by atoms with van der Waals surface area (Å²) in [6, 6.07) is 3.50. The van der Waals surface area contributed by atoms with Crippen LogP contribution in [0.4, 0.5) is 0 Å². The Balaban J connectivity index is 2.59. The molecule has 2 nitrogen and oxygen atoms in total. The number of aromatic carboxylic acids is 1. The highest BCUT2D eigenvalue weighted by atomic mass is 35.5. The van der Waals surface area contributed by atoms with Crippen molar-refractivity contribution in [2.75, 3.05) is 0 Å². The Hall–Kier alpha value is -0.730. The lowest BCUT2D eigenvalue weighted by Gasteiger charge is -2.27. The normalized spacial score (nSPS) is 23.9. The number of benzene rings is 1. The van der Waals surface area contributed by atoms with Gasteiger partial charge in [0.1, 0.15) is 0 Å². The monoisotopic (exact) mass is 258 g/mol. The van der Waals surface area contributed by atoms with Gasteiger partial charge in [0, 0.05) is 0 Å². The van der Waals surface area contributed by atoms with Crippen molar-refractivity contribution >= 4 is 29.2 Å². The van der Waals surface area contributed by atoms with Crippen LogP contribution in [0.5, 0.6) is 0 Å². The first kappa shape index (κ1) is 11.7. The molecule has 0 radical (unpaired) electrons. The number of rotatable bonds is 1. The van der Waals surface area contributed by atoms with Gasteiger partial charge in [0.05, 0.1) is 16.3 Å². The maximum atomic E-state index is 11.0. The third kappa shape index (κ3) is 1.80. The molecular formula is C12H12Cl2O2. The molecule has 2 atom stereocenters. The van der Waals surface area contributed by atoms with Crippen LogP contribution in [0.3, 0.4) is 0 Å². The van der Waals surface area contributed by atoms with Crippen LogP contribution in [-0.4, -0.2) is 16.5 Å². The van der Waals surface area contributed by atoms with Crippen LogP contribution in [-0.2, 0) is 6.42 Å². The first-order chi connectivity index (χ1) is 7.52. The molecule has 2 unspecified atom stereocenters. The van der Waals surface area contributed by atoms with Crippen LogP contribution >= 0.6 is 23.2 Å². The van der Waals surface area contributed by atoms with E-state index in [0.29, 0.717) is 5.56 Å². The second-order valence-electron chi connectivity index (χ2n) is 4.07. The third-order valence-electron chi connectivity index (χ3n) is 3.12. The molecule has 0 heterocycles. The zero-order valence-electron chi connectivity index (χ0n) is 8.84. The summed E-state index contributed by atoms with van der Waals surface area (Å²) in [4.78, 5) is 11.0. The second-order valence-corrected chi connectivity index (χ2v) is 5.10. The largest absolute Gasteiger partial charge is 0.478 e. The summed E-state index contributed by atoms with van der Waals surface area (Å²) < 4.78 is 0. The van der Waals surface area contributed by atoms with Gasteiger partial charge in [-0.3, -0.25) is 0 Å². The number of alkyl halides is 2. The highest BCUT2D eigenvalue weighted by Crippen LogP contribution is 2.40. The number of halogens is 2. The first-order valence-electron chi connectivity index (χ1n) is 5.16. The molecule has 4 heteroatoms. The molecule has 0 spiro atoms. The van der Waals surface area contributed by atoms with Crippen LogP contribution in [0, 0.1) is 6.92 Å². The number of carboxylic acids is 1. The maximum Gasteiger partial charge on any atom is 0.335 e. The van der Waals surface area contributed by atoms with Gasteiger partial charge >= 0.3 is 5.97 Å². The van der Waals surface area contributed by atoms with Crippen LogP contribution in [0.25, 0.3) is 0 Å². The Morgan fingerprint density at radius 3 is 2.75 bits per heavy atom. The van der Waals surface area contributed by atoms with Crippen LogP contribution in [0.1, 0.15) is 38.8 Å². The van der Waals surface area contributed by atoms with Crippen molar-refractivity contribution in [3.8, 4) is 0 Å². The fourth-order valence-electron chi connectivity index (χ4n) is 2.24. The van der Waals surface area contributed by atoms with Gasteiger partial charge in [0.25, 0.3) is 0 Å². The van der Waals surface area contributed by atoms with Crippen molar-refractivity contribution in [2.24, 2.45) is 0 Å². The average molecular weight is 259 g/mol. The molecule has 0 bridgehead atoms. The molecule has 1 N–H and O–H groups in total. The minimum absolute atomic E-state index is 0.114. The van der Waals surface area contributed by atoms with Crippen LogP contribution in [0.15, 0.2) is 12.1 Å². The van der Waals surface area contributed by atoms with E-state index in [1.54, 1.807) is 13.0 Å². The standard InChI is InChI=1S/C12H12Cl2O2/c1-6-8(12(15)16)4-2-7-3-5-9(13)11(14)10(6)7/h2,4,9,11H,3,5H2,1H3,(H,15,16). The molecule has 1 aromatic carbocycles. The third-order valence-corrected chi connectivity index (χ3v) is 4.24. The van der Waals surface area contributed by atoms with Gasteiger partial charge in [0.2, 0.25) is 0 Å². The topological polar surface area (TPSA) is 37.3 Å². The van der Waals surface area contributed by atoms with Gasteiger partial charge in [-0.05, 0) is 42.5 Å². The van der Waals surface area contributed by atoms with E-state index in [4.69, 9.17) is 28.3 Å². The molecule has 0 fully saturated rings. The van der Waals surface area contributed by atoms with E-state index in [1.807, 2.05) is 6.07 Å². The zero-order valence-corrected chi connectivity index (χ0v) is 10.3. The molecule has 86 valence electrons. The molecule has 0 aromatic heterocycles. The highest BCUT2D eigenvalue weighted by Gasteiger charge is 2.29. The van der Waals surface area contributed by atoms with E-state index in [2.05, 4.69) is 0 Å². The fraction of sp³-hybridized carbons (Fsp3) is 0.417. The van der Waals surface area contributed by atoms with Gasteiger partial charge in [-0.25, -0.2) is 4.79 Å². The minimum Gasteiger partial charge on any atom is -0.478 e. The summed E-state index contributed by atoms with van der Waals surface area (Å²) in [5, 5.41) is 8.64. The molecule has 1 aliphatic carbocycles. The predicted molar refractivity (Wildman–Crippen MR) is 64.7 cm³/mol. The van der Waals surface area contributed by atoms with Gasteiger partial charge in [0.15, 0.2) is 0 Å². The molecule has 2 rings (SSSR count). The van der Waals surface area contributed by atoms with Crippen LogP contribution in [0.2, 0.25) is 0 Å². The van der Waals surface area contributed by atoms with E-state index in [9.17, 15) is 4.79 Å². The Morgan fingerprint density at radius 1 is 1.44 bits per heavy atom. The van der Waals surface area contributed by atoms with E-state index in [1.165, 1.54) is 0 Å². The smallest absolute Gasteiger partial charge is 0.335 e. The quantitative estimate of drug-likeness (QED) is 0.783. The molecule has 0 saturated carbocycles. The number of hydrogen-bond donors (Lipinski definition) is 1. The zero-order chi connectivity index (χ0) is 11.9. The number of carbonyl (C=O) groups is 1. The summed E-state index contributed by atoms with van der Waals surface area (Å²) in [5.41, 5.74) is 3.10. The maximum absolute atomic E-state index is 11.0. The van der Waals surface area contributed by atoms with E-state index >= 15 is 0 Å². The Kier molecular flexibility index (Phi) is 3.13. The van der Waals surface area contributed by atoms with Crippen molar-refractivity contribution in [3.63, 3.8) is 0 Å². The minimum atomic E-state index is -0.916. The molecule has 0 saturated heterocycles. The molecule has 0 amide bonds. The Bertz CT molecular complexity index is 443. The first-order valence-corrected chi connectivity index (χ1v) is 6.03. The summed E-state index contributed by atoms with van der Waals surface area (Å²) >= 11 is 12.4. The van der Waals surface area contributed by atoms with E-state index in [-0.39, 0.29) is 10.8 Å². The summed E-state index contributed by atoms with van der Waals surface area (Å²) in [7, 11) is 0. The summed E-state index contributed by atoms with van der Waals surface area (Å²) in [6.45, 7) is 1.80. The lowest BCUT2D eigenvalue weighted by Crippen LogP contribution is -2.19. The molecule has 1 aliphatic rings. The number of aryl methyl sites for hydroxylation is 1. The predicted octanol–water partition coefficient (Wildman–Crippen LogP) is 3.53. The lowest BCUT2D eigenvalue weighted by atomic mass is 9.86. The Labute approximate surface area is 104 Å². The SMILES string of the molecule is Cc1c(C(=O)O)ccc2c1C(Cl)C(Cl)CC2. The molecular weight excluding hydrogens is 247 g/mol.